The third kappa shape index (κ3) is 4.78. The van der Waals surface area contributed by atoms with Gasteiger partial charge in [-0.2, -0.15) is 0 Å². The number of nitrogens with zero attached hydrogens (tertiary/aromatic N) is 3. The maximum absolute atomic E-state index is 13.5. The molecule has 7 nitrogen and oxygen atoms in total. The van der Waals surface area contributed by atoms with Crippen LogP contribution in [0.15, 0.2) is 30.3 Å². The van der Waals surface area contributed by atoms with Crippen LogP contribution in [0.2, 0.25) is 0 Å². The van der Waals surface area contributed by atoms with Gasteiger partial charge in [0.2, 0.25) is 5.91 Å². The Kier molecular flexibility index (Phi) is 7.25. The molecule has 158 valence electrons. The van der Waals surface area contributed by atoms with Crippen LogP contribution in [0.5, 0.6) is 0 Å². The molecular weight excluding hydrogens is 370 g/mol. The summed E-state index contributed by atoms with van der Waals surface area (Å²) in [6, 6.07) is 8.58. The SMILES string of the molecule is CCCCN1CCN(C(C(=O)N(C)C2CCOCC2)c2ccccc2)C(=O)C1=O. The van der Waals surface area contributed by atoms with Gasteiger partial charge in [-0.3, -0.25) is 14.4 Å². The van der Waals surface area contributed by atoms with E-state index in [1.807, 2.05) is 30.3 Å². The highest BCUT2D eigenvalue weighted by Gasteiger charge is 2.41. The number of amides is 3. The van der Waals surface area contributed by atoms with Crippen LogP contribution in [0.1, 0.15) is 44.2 Å². The number of hydrogen-bond donors (Lipinski definition) is 0. The van der Waals surface area contributed by atoms with Crippen LogP contribution >= 0.6 is 0 Å². The minimum atomic E-state index is -0.783. The third-order valence-corrected chi connectivity index (χ3v) is 5.87. The molecular formula is C22H31N3O4. The number of unbranched alkanes of at least 4 members (excludes halogenated alkanes) is 1. The van der Waals surface area contributed by atoms with Gasteiger partial charge in [0.05, 0.1) is 0 Å². The van der Waals surface area contributed by atoms with Crippen LogP contribution < -0.4 is 0 Å². The molecule has 0 spiro atoms. The average Bonchev–Trinajstić information content (AvgIpc) is 2.77. The van der Waals surface area contributed by atoms with E-state index in [2.05, 4.69) is 6.92 Å². The first-order valence-corrected chi connectivity index (χ1v) is 10.5. The largest absolute Gasteiger partial charge is 0.381 e. The van der Waals surface area contributed by atoms with Gasteiger partial charge < -0.3 is 19.4 Å². The predicted molar refractivity (Wildman–Crippen MR) is 109 cm³/mol. The Bertz CT molecular complexity index is 718. The lowest BCUT2D eigenvalue weighted by atomic mass is 10.00. The fourth-order valence-electron chi connectivity index (χ4n) is 4.03. The Morgan fingerprint density at radius 1 is 1.14 bits per heavy atom. The fourth-order valence-corrected chi connectivity index (χ4v) is 4.03. The van der Waals surface area contributed by atoms with Crippen molar-refractivity contribution in [1.82, 2.24) is 14.7 Å². The molecule has 2 aliphatic rings. The zero-order chi connectivity index (χ0) is 20.8. The first-order valence-electron chi connectivity index (χ1n) is 10.5. The van der Waals surface area contributed by atoms with E-state index in [1.165, 1.54) is 4.90 Å². The van der Waals surface area contributed by atoms with Crippen LogP contribution in [0.3, 0.4) is 0 Å². The molecule has 2 fully saturated rings. The van der Waals surface area contributed by atoms with Crippen LogP contribution in [0, 0.1) is 0 Å². The summed E-state index contributed by atoms with van der Waals surface area (Å²) in [6.07, 6.45) is 3.39. The van der Waals surface area contributed by atoms with E-state index in [1.54, 1.807) is 16.8 Å². The fraction of sp³-hybridized carbons (Fsp3) is 0.591. The molecule has 2 heterocycles. The van der Waals surface area contributed by atoms with Crippen molar-refractivity contribution in [2.45, 2.75) is 44.7 Å². The molecule has 0 radical (unpaired) electrons. The Morgan fingerprint density at radius 2 is 1.83 bits per heavy atom. The number of ether oxygens (including phenoxy) is 1. The van der Waals surface area contributed by atoms with Crippen molar-refractivity contribution in [1.29, 1.82) is 0 Å². The third-order valence-electron chi connectivity index (χ3n) is 5.87. The highest BCUT2D eigenvalue weighted by atomic mass is 16.5. The lowest BCUT2D eigenvalue weighted by Gasteiger charge is -2.41. The van der Waals surface area contributed by atoms with Gasteiger partial charge in [0.1, 0.15) is 6.04 Å². The zero-order valence-electron chi connectivity index (χ0n) is 17.4. The Hall–Kier alpha value is -2.41. The zero-order valence-corrected chi connectivity index (χ0v) is 17.4. The summed E-state index contributed by atoms with van der Waals surface area (Å²) < 4.78 is 5.41. The first-order chi connectivity index (χ1) is 14.0. The molecule has 7 heteroatoms. The van der Waals surface area contributed by atoms with E-state index >= 15 is 0 Å². The average molecular weight is 402 g/mol. The summed E-state index contributed by atoms with van der Waals surface area (Å²) in [6.45, 7) is 4.72. The molecule has 2 aliphatic heterocycles. The summed E-state index contributed by atoms with van der Waals surface area (Å²) in [4.78, 5) is 43.9. The summed E-state index contributed by atoms with van der Waals surface area (Å²) in [5.74, 6) is -1.24. The number of likely N-dealkylation sites (N-methyl/N-ethyl adjacent to an activating group) is 1. The van der Waals surface area contributed by atoms with Crippen molar-refractivity contribution in [2.75, 3.05) is 39.9 Å². The molecule has 0 saturated carbocycles. The quantitative estimate of drug-likeness (QED) is 0.654. The summed E-state index contributed by atoms with van der Waals surface area (Å²) in [7, 11) is 1.79. The molecule has 3 rings (SSSR count). The van der Waals surface area contributed by atoms with Gasteiger partial charge in [-0.05, 0) is 24.8 Å². The standard InChI is InChI=1S/C22H31N3O4/c1-3-4-12-24-13-14-25(22(28)21(24)27)19(17-8-6-5-7-9-17)20(26)23(2)18-10-15-29-16-11-18/h5-9,18-19H,3-4,10-16H2,1-2H3. The number of hydrogen-bond acceptors (Lipinski definition) is 4. The van der Waals surface area contributed by atoms with Crippen LogP contribution in [0.25, 0.3) is 0 Å². The van der Waals surface area contributed by atoms with Crippen molar-refractivity contribution < 1.29 is 19.1 Å². The van der Waals surface area contributed by atoms with Gasteiger partial charge in [-0.15, -0.1) is 0 Å². The summed E-state index contributed by atoms with van der Waals surface area (Å²) >= 11 is 0. The summed E-state index contributed by atoms with van der Waals surface area (Å²) in [5.41, 5.74) is 0.736. The molecule has 2 saturated heterocycles. The number of piperazine rings is 1. The normalized spacial score (nSPS) is 19.4. The Labute approximate surface area is 172 Å². The topological polar surface area (TPSA) is 70.2 Å². The second-order valence-electron chi connectivity index (χ2n) is 7.75. The highest BCUT2D eigenvalue weighted by molar-refractivity contribution is 6.35. The number of carbonyl (C=O) groups is 3. The lowest BCUT2D eigenvalue weighted by molar-refractivity contribution is -0.161. The Morgan fingerprint density at radius 3 is 2.48 bits per heavy atom. The van der Waals surface area contributed by atoms with E-state index in [-0.39, 0.29) is 11.9 Å². The van der Waals surface area contributed by atoms with Gasteiger partial charge in [-0.25, -0.2) is 0 Å². The van der Waals surface area contributed by atoms with E-state index < -0.39 is 17.9 Å². The van der Waals surface area contributed by atoms with Gasteiger partial charge >= 0.3 is 11.8 Å². The van der Waals surface area contributed by atoms with Gasteiger partial charge in [0, 0.05) is 45.9 Å². The molecule has 0 aromatic heterocycles. The first kappa shape index (κ1) is 21.3. The molecule has 3 amide bonds. The van der Waals surface area contributed by atoms with Crippen LogP contribution in [-0.4, -0.2) is 78.4 Å². The number of rotatable bonds is 7. The van der Waals surface area contributed by atoms with Gasteiger partial charge in [0.15, 0.2) is 0 Å². The molecule has 0 aliphatic carbocycles. The van der Waals surface area contributed by atoms with Crippen molar-refractivity contribution in [3.63, 3.8) is 0 Å². The van der Waals surface area contributed by atoms with Crippen LogP contribution in [0.4, 0.5) is 0 Å². The number of carbonyl (C=O) groups excluding carboxylic acids is 3. The van der Waals surface area contributed by atoms with E-state index in [9.17, 15) is 14.4 Å². The van der Waals surface area contributed by atoms with Gasteiger partial charge in [-0.1, -0.05) is 43.7 Å². The molecule has 1 unspecified atom stereocenters. The van der Waals surface area contributed by atoms with E-state index in [0.717, 1.165) is 31.2 Å². The predicted octanol–water partition coefficient (Wildman–Crippen LogP) is 1.84. The maximum atomic E-state index is 13.5. The molecule has 1 aromatic carbocycles. The smallest absolute Gasteiger partial charge is 0.313 e. The lowest BCUT2D eigenvalue weighted by Crippen LogP contribution is -2.58. The van der Waals surface area contributed by atoms with Gasteiger partial charge in [0.25, 0.3) is 0 Å². The van der Waals surface area contributed by atoms with E-state index in [0.29, 0.717) is 32.8 Å². The van der Waals surface area contributed by atoms with E-state index in [4.69, 9.17) is 4.74 Å². The summed E-state index contributed by atoms with van der Waals surface area (Å²) in [5, 5.41) is 0. The Balaban J connectivity index is 1.83. The van der Waals surface area contributed by atoms with Crippen molar-refractivity contribution in [2.24, 2.45) is 0 Å². The molecule has 0 N–H and O–H groups in total. The maximum Gasteiger partial charge on any atom is 0.313 e. The monoisotopic (exact) mass is 401 g/mol. The molecule has 29 heavy (non-hydrogen) atoms. The minimum absolute atomic E-state index is 0.0825. The van der Waals surface area contributed by atoms with Crippen molar-refractivity contribution in [3.8, 4) is 0 Å². The second kappa shape index (κ2) is 9.87. The van der Waals surface area contributed by atoms with Crippen molar-refractivity contribution in [3.05, 3.63) is 35.9 Å². The number of benzene rings is 1. The highest BCUT2D eigenvalue weighted by Crippen LogP contribution is 2.27. The molecule has 1 aromatic rings. The van der Waals surface area contributed by atoms with Crippen molar-refractivity contribution >= 4 is 17.7 Å². The minimum Gasteiger partial charge on any atom is -0.381 e. The molecule has 0 bridgehead atoms. The molecule has 1 atom stereocenters. The second-order valence-corrected chi connectivity index (χ2v) is 7.75. The van der Waals surface area contributed by atoms with Crippen LogP contribution in [-0.2, 0) is 19.1 Å².